The zero-order valence-electron chi connectivity index (χ0n) is 17.1. The number of rotatable bonds is 5. The number of hydrogen-bond donors (Lipinski definition) is 1. The molecule has 0 bridgehead atoms. The molecule has 1 aliphatic rings. The van der Waals surface area contributed by atoms with Crippen LogP contribution in [-0.4, -0.2) is 40.1 Å². The van der Waals surface area contributed by atoms with Crippen molar-refractivity contribution in [1.29, 1.82) is 0 Å². The minimum absolute atomic E-state index is 0. The van der Waals surface area contributed by atoms with E-state index in [2.05, 4.69) is 50.0 Å². The molecule has 1 aromatic heterocycles. The van der Waals surface area contributed by atoms with Gasteiger partial charge in [-0.3, -0.25) is 4.79 Å². The van der Waals surface area contributed by atoms with Crippen LogP contribution < -0.4 is 5.73 Å². The monoisotopic (exact) mass is 406 g/mol. The highest BCUT2D eigenvalue weighted by atomic mass is 35.5. The van der Waals surface area contributed by atoms with Crippen molar-refractivity contribution in [3.63, 3.8) is 0 Å². The summed E-state index contributed by atoms with van der Waals surface area (Å²) in [7, 11) is 0. The van der Waals surface area contributed by atoms with Gasteiger partial charge in [-0.1, -0.05) is 57.1 Å². The summed E-state index contributed by atoms with van der Waals surface area (Å²) >= 11 is 0. The third kappa shape index (κ3) is 5.11. The van der Waals surface area contributed by atoms with Crippen LogP contribution in [0.3, 0.4) is 0 Å². The van der Waals surface area contributed by atoms with Crippen molar-refractivity contribution in [2.75, 3.05) is 13.1 Å². The smallest absolute Gasteiger partial charge is 0.227 e. The van der Waals surface area contributed by atoms with Gasteiger partial charge in [0.05, 0.1) is 0 Å². The molecule has 28 heavy (non-hydrogen) atoms. The molecular formula is C21H31ClN4O2. The van der Waals surface area contributed by atoms with Crippen molar-refractivity contribution in [1.82, 2.24) is 15.0 Å². The number of carbonyl (C=O) groups is 1. The number of hydrogen-bond acceptors (Lipinski definition) is 5. The van der Waals surface area contributed by atoms with E-state index in [1.54, 1.807) is 0 Å². The summed E-state index contributed by atoms with van der Waals surface area (Å²) < 4.78 is 5.34. The predicted octanol–water partition coefficient (Wildman–Crippen LogP) is 3.80. The fourth-order valence-electron chi connectivity index (χ4n) is 3.45. The van der Waals surface area contributed by atoms with Gasteiger partial charge in [-0.2, -0.15) is 4.98 Å². The summed E-state index contributed by atoms with van der Waals surface area (Å²) in [6.45, 7) is 9.98. The number of nitrogens with zero attached hydrogens (tertiary/aromatic N) is 3. The Balaban J connectivity index is 0.00000280. The Hall–Kier alpha value is -1.92. The standard InChI is InChI=1S/C21H30N4O2.ClH/c1-14(2)15-5-7-16(8-6-15)20-23-18(27-24-20)9-10-19(26)25-12-11-17(22)21(3,4)13-25;/h5-8,14,17H,9-13,22H2,1-4H3;1H. The zero-order valence-corrected chi connectivity index (χ0v) is 18.0. The van der Waals surface area contributed by atoms with Gasteiger partial charge in [0.1, 0.15) is 0 Å². The van der Waals surface area contributed by atoms with Gasteiger partial charge in [0, 0.05) is 37.5 Å². The second kappa shape index (κ2) is 9.05. The molecule has 7 heteroatoms. The quantitative estimate of drug-likeness (QED) is 0.816. The Morgan fingerprint density at radius 2 is 2.00 bits per heavy atom. The predicted molar refractivity (Wildman–Crippen MR) is 112 cm³/mol. The molecule has 1 unspecified atom stereocenters. The van der Waals surface area contributed by atoms with Gasteiger partial charge >= 0.3 is 0 Å². The molecule has 154 valence electrons. The summed E-state index contributed by atoms with van der Waals surface area (Å²) in [5, 5.41) is 4.06. The van der Waals surface area contributed by atoms with E-state index < -0.39 is 0 Å². The molecule has 6 nitrogen and oxygen atoms in total. The molecule has 1 saturated heterocycles. The highest BCUT2D eigenvalue weighted by Gasteiger charge is 2.35. The summed E-state index contributed by atoms with van der Waals surface area (Å²) in [6.07, 6.45) is 1.67. The van der Waals surface area contributed by atoms with Gasteiger partial charge in [0.15, 0.2) is 0 Å². The lowest BCUT2D eigenvalue weighted by molar-refractivity contribution is -0.134. The van der Waals surface area contributed by atoms with Gasteiger partial charge in [-0.15, -0.1) is 12.4 Å². The lowest BCUT2D eigenvalue weighted by atomic mass is 9.79. The van der Waals surface area contributed by atoms with Crippen LogP contribution in [0.4, 0.5) is 0 Å². The van der Waals surface area contributed by atoms with Crippen LogP contribution >= 0.6 is 12.4 Å². The zero-order chi connectivity index (χ0) is 19.6. The Morgan fingerprint density at radius 3 is 2.61 bits per heavy atom. The van der Waals surface area contributed by atoms with Crippen molar-refractivity contribution in [3.05, 3.63) is 35.7 Å². The van der Waals surface area contributed by atoms with Gasteiger partial charge in [0.2, 0.25) is 17.6 Å². The number of aryl methyl sites for hydroxylation is 1. The summed E-state index contributed by atoms with van der Waals surface area (Å²) in [5.74, 6) is 1.67. The highest BCUT2D eigenvalue weighted by Crippen LogP contribution is 2.28. The molecule has 1 atom stereocenters. The largest absolute Gasteiger partial charge is 0.342 e. The maximum atomic E-state index is 12.5. The fourth-order valence-corrected chi connectivity index (χ4v) is 3.45. The van der Waals surface area contributed by atoms with Crippen molar-refractivity contribution in [2.45, 2.75) is 58.9 Å². The first-order valence-corrected chi connectivity index (χ1v) is 9.72. The molecule has 2 aromatic rings. The molecule has 0 radical (unpaired) electrons. The molecular weight excluding hydrogens is 376 g/mol. The van der Waals surface area contributed by atoms with Crippen molar-refractivity contribution in [3.8, 4) is 11.4 Å². The number of halogens is 1. The normalized spacial score (nSPS) is 18.8. The number of amides is 1. The molecule has 1 fully saturated rings. The molecule has 0 aliphatic carbocycles. The summed E-state index contributed by atoms with van der Waals surface area (Å²) in [6, 6.07) is 8.33. The van der Waals surface area contributed by atoms with E-state index in [4.69, 9.17) is 10.3 Å². The van der Waals surface area contributed by atoms with E-state index in [-0.39, 0.29) is 29.8 Å². The van der Waals surface area contributed by atoms with E-state index in [9.17, 15) is 4.79 Å². The summed E-state index contributed by atoms with van der Waals surface area (Å²) in [5.41, 5.74) is 8.30. The van der Waals surface area contributed by atoms with Crippen molar-refractivity contribution < 1.29 is 9.32 Å². The molecule has 2 N–H and O–H groups in total. The second-order valence-electron chi connectivity index (χ2n) is 8.49. The molecule has 1 amide bonds. The Kier molecular flexibility index (Phi) is 7.23. The third-order valence-corrected chi connectivity index (χ3v) is 5.52. The van der Waals surface area contributed by atoms with Crippen LogP contribution in [0.25, 0.3) is 11.4 Å². The number of piperidine rings is 1. The Bertz CT molecular complexity index is 786. The van der Waals surface area contributed by atoms with E-state index in [0.29, 0.717) is 37.0 Å². The molecule has 1 aliphatic heterocycles. The number of nitrogens with two attached hydrogens (primary N) is 1. The Labute approximate surface area is 173 Å². The number of benzene rings is 1. The van der Waals surface area contributed by atoms with Gasteiger partial charge < -0.3 is 15.2 Å². The van der Waals surface area contributed by atoms with Crippen molar-refractivity contribution in [2.24, 2.45) is 11.1 Å². The lowest BCUT2D eigenvalue weighted by Gasteiger charge is -2.42. The van der Waals surface area contributed by atoms with Crippen LogP contribution in [0.15, 0.2) is 28.8 Å². The molecule has 0 saturated carbocycles. The second-order valence-corrected chi connectivity index (χ2v) is 8.49. The molecule has 0 spiro atoms. The van der Waals surface area contributed by atoms with Gasteiger partial charge in [-0.05, 0) is 23.3 Å². The van der Waals surface area contributed by atoms with Gasteiger partial charge in [0.25, 0.3) is 0 Å². The number of likely N-dealkylation sites (tertiary alicyclic amines) is 1. The average Bonchev–Trinajstić information content (AvgIpc) is 3.11. The van der Waals surface area contributed by atoms with E-state index in [0.717, 1.165) is 18.5 Å². The van der Waals surface area contributed by atoms with Crippen LogP contribution in [0.2, 0.25) is 0 Å². The van der Waals surface area contributed by atoms with Crippen molar-refractivity contribution >= 4 is 18.3 Å². The van der Waals surface area contributed by atoms with Crippen LogP contribution in [0.5, 0.6) is 0 Å². The first-order valence-electron chi connectivity index (χ1n) is 9.72. The van der Waals surface area contributed by atoms with Gasteiger partial charge in [-0.25, -0.2) is 0 Å². The topological polar surface area (TPSA) is 85.2 Å². The number of carbonyl (C=O) groups excluding carboxylic acids is 1. The van der Waals surface area contributed by atoms with E-state index >= 15 is 0 Å². The molecule has 1 aromatic carbocycles. The van der Waals surface area contributed by atoms with E-state index in [1.165, 1.54) is 5.56 Å². The van der Waals surface area contributed by atoms with Crippen LogP contribution in [0.1, 0.15) is 57.9 Å². The SMILES string of the molecule is CC(C)c1ccc(-c2noc(CCC(=O)N3CCC(N)C(C)(C)C3)n2)cc1.Cl. The molecule has 2 heterocycles. The van der Waals surface area contributed by atoms with E-state index in [1.807, 2.05) is 17.0 Å². The minimum atomic E-state index is -0.0479. The minimum Gasteiger partial charge on any atom is -0.342 e. The highest BCUT2D eigenvalue weighted by molar-refractivity contribution is 5.85. The maximum Gasteiger partial charge on any atom is 0.227 e. The summed E-state index contributed by atoms with van der Waals surface area (Å²) in [4.78, 5) is 18.9. The molecule has 3 rings (SSSR count). The first kappa shape index (κ1) is 22.4. The third-order valence-electron chi connectivity index (χ3n) is 5.52. The Morgan fingerprint density at radius 1 is 1.32 bits per heavy atom. The average molecular weight is 407 g/mol. The van der Waals surface area contributed by atoms with Crippen LogP contribution in [0, 0.1) is 5.41 Å². The van der Waals surface area contributed by atoms with Crippen LogP contribution in [-0.2, 0) is 11.2 Å². The first-order chi connectivity index (χ1) is 12.8. The fraction of sp³-hybridized carbons (Fsp3) is 0.571. The number of aromatic nitrogens is 2. The maximum absolute atomic E-state index is 12.5. The lowest BCUT2D eigenvalue weighted by Crippen LogP contribution is -2.54.